The van der Waals surface area contributed by atoms with E-state index in [4.69, 9.17) is 0 Å². The van der Waals surface area contributed by atoms with Gasteiger partial charge in [-0.15, -0.1) is 24.8 Å². The molecule has 0 aliphatic rings. The number of halogens is 2. The van der Waals surface area contributed by atoms with Crippen molar-refractivity contribution in [2.45, 2.75) is 65.7 Å². The first-order valence-electron chi connectivity index (χ1n) is 8.43. The molecule has 26 heavy (non-hydrogen) atoms. The highest BCUT2D eigenvalue weighted by molar-refractivity contribution is 5.94. The summed E-state index contributed by atoms with van der Waals surface area (Å²) in [6, 6.07) is 7.50. The van der Waals surface area contributed by atoms with Crippen LogP contribution in [0.1, 0.15) is 52.7 Å². The lowest BCUT2D eigenvalue weighted by Gasteiger charge is -2.22. The third-order valence-electron chi connectivity index (χ3n) is 3.93. The SMILES string of the molecule is CC(C)(C)NCc1ccc2c(O)c(CNC(C)(C)C)ccc2c1O.Cl.Cl. The van der Waals surface area contributed by atoms with Gasteiger partial charge in [-0.3, -0.25) is 0 Å². The molecule has 0 saturated carbocycles. The molecule has 6 heteroatoms. The van der Waals surface area contributed by atoms with Crippen molar-refractivity contribution in [3.8, 4) is 11.5 Å². The van der Waals surface area contributed by atoms with Crippen LogP contribution in [-0.4, -0.2) is 21.3 Å². The monoisotopic (exact) mass is 402 g/mol. The summed E-state index contributed by atoms with van der Waals surface area (Å²) in [7, 11) is 0. The molecule has 0 saturated heterocycles. The molecule has 0 aliphatic carbocycles. The molecule has 0 fully saturated rings. The number of fused-ring (bicyclic) bond motifs is 1. The van der Waals surface area contributed by atoms with Gasteiger partial charge < -0.3 is 20.8 Å². The average molecular weight is 403 g/mol. The van der Waals surface area contributed by atoms with Gasteiger partial charge in [-0.2, -0.15) is 0 Å². The first kappa shape index (κ1) is 24.8. The summed E-state index contributed by atoms with van der Waals surface area (Å²) in [4.78, 5) is 0. The Balaban J connectivity index is 0.00000312. The van der Waals surface area contributed by atoms with Crippen molar-refractivity contribution in [1.29, 1.82) is 0 Å². The van der Waals surface area contributed by atoms with Crippen molar-refractivity contribution in [2.24, 2.45) is 0 Å². The second-order valence-corrected chi connectivity index (χ2v) is 8.45. The third-order valence-corrected chi connectivity index (χ3v) is 3.93. The number of hydrogen-bond acceptors (Lipinski definition) is 4. The highest BCUT2D eigenvalue weighted by Gasteiger charge is 2.16. The minimum absolute atomic E-state index is 0. The Bertz CT molecular complexity index is 672. The number of rotatable bonds is 4. The Kier molecular flexibility index (Phi) is 8.71. The number of phenols is 2. The van der Waals surface area contributed by atoms with Gasteiger partial charge >= 0.3 is 0 Å². The summed E-state index contributed by atoms with van der Waals surface area (Å²) in [5, 5.41) is 29.2. The molecule has 4 nitrogen and oxygen atoms in total. The smallest absolute Gasteiger partial charge is 0.128 e. The van der Waals surface area contributed by atoms with Crippen LogP contribution in [0.5, 0.6) is 11.5 Å². The molecule has 0 amide bonds. The van der Waals surface area contributed by atoms with Gasteiger partial charge in [0.05, 0.1) is 0 Å². The predicted octanol–water partition coefficient (Wildman–Crippen LogP) is 4.87. The highest BCUT2D eigenvalue weighted by atomic mass is 35.5. The highest BCUT2D eigenvalue weighted by Crippen LogP contribution is 2.36. The normalized spacial score (nSPS) is 11.8. The van der Waals surface area contributed by atoms with Crippen molar-refractivity contribution in [3.63, 3.8) is 0 Å². The fourth-order valence-corrected chi connectivity index (χ4v) is 2.47. The van der Waals surface area contributed by atoms with Gasteiger partial charge in [0.15, 0.2) is 0 Å². The number of benzene rings is 2. The summed E-state index contributed by atoms with van der Waals surface area (Å²) in [5.41, 5.74) is 1.62. The molecular formula is C20H32Cl2N2O2. The number of aromatic hydroxyl groups is 2. The molecule has 0 spiro atoms. The summed E-state index contributed by atoms with van der Waals surface area (Å²) in [5.74, 6) is 0.463. The van der Waals surface area contributed by atoms with Crippen LogP contribution in [0.25, 0.3) is 10.8 Å². The molecule has 4 N–H and O–H groups in total. The van der Waals surface area contributed by atoms with Crippen molar-refractivity contribution in [2.75, 3.05) is 0 Å². The van der Waals surface area contributed by atoms with E-state index in [2.05, 4.69) is 52.2 Å². The Morgan fingerprint density at radius 2 is 0.962 bits per heavy atom. The molecular weight excluding hydrogens is 371 g/mol. The van der Waals surface area contributed by atoms with Crippen LogP contribution in [0.3, 0.4) is 0 Å². The molecule has 0 bridgehead atoms. The zero-order chi connectivity index (χ0) is 18.1. The van der Waals surface area contributed by atoms with Gasteiger partial charge in [0.25, 0.3) is 0 Å². The largest absolute Gasteiger partial charge is 0.507 e. The Labute approximate surface area is 169 Å². The van der Waals surface area contributed by atoms with Crippen molar-refractivity contribution in [3.05, 3.63) is 35.4 Å². The molecule has 2 rings (SSSR count). The molecule has 0 atom stereocenters. The second kappa shape index (κ2) is 9.14. The Morgan fingerprint density at radius 3 is 1.23 bits per heavy atom. The maximum absolute atomic E-state index is 10.6. The van der Waals surface area contributed by atoms with Crippen LogP contribution in [0.2, 0.25) is 0 Å². The molecule has 0 aliphatic heterocycles. The maximum Gasteiger partial charge on any atom is 0.128 e. The molecule has 0 heterocycles. The summed E-state index contributed by atoms with van der Waals surface area (Å²) in [6.45, 7) is 13.7. The number of hydrogen-bond donors (Lipinski definition) is 4. The minimum Gasteiger partial charge on any atom is -0.507 e. The lowest BCUT2D eigenvalue weighted by molar-refractivity contribution is 0.411. The standard InChI is InChI=1S/C20H30N2O2.2ClH/c1-19(2,3)21-11-13-7-9-16-15(17(13)23)10-8-14(18(16)24)12-22-20(4,5)6;;/h7-10,21-24H,11-12H2,1-6H3;2*1H. The van der Waals surface area contributed by atoms with Crippen molar-refractivity contribution < 1.29 is 10.2 Å². The van der Waals surface area contributed by atoms with Gasteiger partial charge in [0.1, 0.15) is 11.5 Å². The third kappa shape index (κ3) is 6.51. The van der Waals surface area contributed by atoms with Crippen LogP contribution >= 0.6 is 24.8 Å². The summed E-state index contributed by atoms with van der Waals surface area (Å²) >= 11 is 0. The molecule has 2 aromatic carbocycles. The lowest BCUT2D eigenvalue weighted by atomic mass is 10.00. The second-order valence-electron chi connectivity index (χ2n) is 8.45. The number of phenolic OH excluding ortho intramolecular Hbond substituents is 2. The van der Waals surface area contributed by atoms with Gasteiger partial charge in [0, 0.05) is 46.1 Å². The molecule has 0 radical (unpaired) electrons. The minimum atomic E-state index is -0.0218. The zero-order valence-electron chi connectivity index (χ0n) is 16.4. The zero-order valence-corrected chi connectivity index (χ0v) is 18.1. The van der Waals surface area contributed by atoms with E-state index in [1.54, 1.807) is 0 Å². The topological polar surface area (TPSA) is 64.5 Å². The van der Waals surface area contributed by atoms with E-state index in [1.807, 2.05) is 24.3 Å². The van der Waals surface area contributed by atoms with Gasteiger partial charge in [-0.25, -0.2) is 0 Å². The molecule has 0 unspecified atom stereocenters. The molecule has 0 aromatic heterocycles. The predicted molar refractivity (Wildman–Crippen MR) is 115 cm³/mol. The van der Waals surface area contributed by atoms with Crippen LogP contribution < -0.4 is 10.6 Å². The quantitative estimate of drug-likeness (QED) is 0.588. The fourth-order valence-electron chi connectivity index (χ4n) is 2.47. The van der Waals surface area contributed by atoms with Crippen molar-refractivity contribution >= 4 is 35.6 Å². The van der Waals surface area contributed by atoms with Crippen molar-refractivity contribution in [1.82, 2.24) is 10.6 Å². The Morgan fingerprint density at radius 1 is 0.654 bits per heavy atom. The van der Waals surface area contributed by atoms with Crippen LogP contribution in [0.15, 0.2) is 24.3 Å². The van der Waals surface area contributed by atoms with E-state index >= 15 is 0 Å². The van der Waals surface area contributed by atoms with Crippen LogP contribution in [0, 0.1) is 0 Å². The number of nitrogens with one attached hydrogen (secondary N) is 2. The van der Waals surface area contributed by atoms with E-state index in [-0.39, 0.29) is 47.4 Å². The lowest BCUT2D eigenvalue weighted by Crippen LogP contribution is -2.35. The van der Waals surface area contributed by atoms with E-state index in [0.29, 0.717) is 23.9 Å². The van der Waals surface area contributed by atoms with E-state index in [1.165, 1.54) is 0 Å². The van der Waals surface area contributed by atoms with Gasteiger partial charge in [0.2, 0.25) is 0 Å². The Hall–Kier alpha value is -1.20. The van der Waals surface area contributed by atoms with E-state index in [0.717, 1.165) is 11.1 Å². The first-order valence-corrected chi connectivity index (χ1v) is 8.43. The summed E-state index contributed by atoms with van der Waals surface area (Å²) < 4.78 is 0. The van der Waals surface area contributed by atoms with Gasteiger partial charge in [-0.1, -0.05) is 24.3 Å². The van der Waals surface area contributed by atoms with Crippen LogP contribution in [-0.2, 0) is 13.1 Å². The molecule has 2 aromatic rings. The van der Waals surface area contributed by atoms with E-state index in [9.17, 15) is 10.2 Å². The maximum atomic E-state index is 10.6. The van der Waals surface area contributed by atoms with Crippen LogP contribution in [0.4, 0.5) is 0 Å². The summed E-state index contributed by atoms with van der Waals surface area (Å²) in [6.07, 6.45) is 0. The average Bonchev–Trinajstić information content (AvgIpc) is 2.44. The van der Waals surface area contributed by atoms with E-state index < -0.39 is 0 Å². The fraction of sp³-hybridized carbons (Fsp3) is 0.500. The first-order chi connectivity index (χ1) is 11.0. The van der Waals surface area contributed by atoms with Gasteiger partial charge in [-0.05, 0) is 41.5 Å². The molecule has 148 valence electrons.